The molecule has 1 fully saturated rings. The molecule has 1 aromatic heterocycles. The van der Waals surface area contributed by atoms with Crippen molar-refractivity contribution in [2.45, 2.75) is 31.6 Å². The average molecular weight is 349 g/mol. The summed E-state index contributed by atoms with van der Waals surface area (Å²) in [5, 5.41) is 0.947. The van der Waals surface area contributed by atoms with Gasteiger partial charge in [-0.15, -0.1) is 0 Å². The minimum atomic E-state index is -0.0905. The van der Waals surface area contributed by atoms with Crippen LogP contribution in [0.15, 0.2) is 36.5 Å². The van der Waals surface area contributed by atoms with Gasteiger partial charge in [0.25, 0.3) is 0 Å². The molecule has 120 valence electrons. The third kappa shape index (κ3) is 2.76. The molecular formula is C18H18Cl2N2O. The van der Waals surface area contributed by atoms with E-state index in [-0.39, 0.29) is 5.60 Å². The second kappa shape index (κ2) is 6.06. The van der Waals surface area contributed by atoms with Crippen LogP contribution >= 0.6 is 23.2 Å². The van der Waals surface area contributed by atoms with E-state index < -0.39 is 0 Å². The molecule has 23 heavy (non-hydrogen) atoms. The Hall–Kier alpha value is -1.13. The molecule has 0 radical (unpaired) electrons. The van der Waals surface area contributed by atoms with Crippen LogP contribution in [0, 0.1) is 0 Å². The van der Waals surface area contributed by atoms with Gasteiger partial charge in [-0.25, -0.2) is 4.98 Å². The number of hydrogen-bond donors (Lipinski definition) is 0. The summed E-state index contributed by atoms with van der Waals surface area (Å²) >= 11 is 12.3. The summed E-state index contributed by atoms with van der Waals surface area (Å²) in [4.78, 5) is 6.42. The van der Waals surface area contributed by atoms with Crippen molar-refractivity contribution in [3.63, 3.8) is 0 Å². The van der Waals surface area contributed by atoms with Crippen molar-refractivity contribution in [1.82, 2.24) is 9.88 Å². The fraction of sp³-hybridized carbons (Fsp3) is 0.389. The normalized spacial score (nSPS) is 19.9. The van der Waals surface area contributed by atoms with E-state index in [1.165, 1.54) is 11.1 Å². The largest absolute Gasteiger partial charge is 0.365 e. The van der Waals surface area contributed by atoms with Crippen LogP contribution in [0.1, 0.15) is 29.5 Å². The number of rotatable bonds is 2. The SMILES string of the molecule is Clc1nccc(CN2CCC3(CC2)OCc2ccccc23)c1Cl. The highest BCUT2D eigenvalue weighted by Crippen LogP contribution is 2.44. The van der Waals surface area contributed by atoms with Crippen molar-refractivity contribution in [1.29, 1.82) is 0 Å². The van der Waals surface area contributed by atoms with Gasteiger partial charge in [-0.3, -0.25) is 4.90 Å². The average Bonchev–Trinajstić information content (AvgIpc) is 2.93. The lowest BCUT2D eigenvalue weighted by molar-refractivity contribution is -0.0799. The fourth-order valence-corrected chi connectivity index (χ4v) is 4.04. The summed E-state index contributed by atoms with van der Waals surface area (Å²) < 4.78 is 6.21. The molecule has 0 bridgehead atoms. The maximum atomic E-state index is 6.25. The first-order valence-corrected chi connectivity index (χ1v) is 8.67. The van der Waals surface area contributed by atoms with Crippen molar-refractivity contribution < 1.29 is 4.74 Å². The van der Waals surface area contributed by atoms with E-state index in [9.17, 15) is 0 Å². The van der Waals surface area contributed by atoms with Crippen molar-refractivity contribution in [2.75, 3.05) is 13.1 Å². The topological polar surface area (TPSA) is 25.4 Å². The Balaban J connectivity index is 1.47. The number of ether oxygens (including phenoxy) is 1. The Labute approximate surface area is 146 Å². The number of nitrogens with zero attached hydrogens (tertiary/aromatic N) is 2. The van der Waals surface area contributed by atoms with Crippen molar-refractivity contribution in [3.8, 4) is 0 Å². The standard InChI is InChI=1S/C18H18Cl2N2O/c19-16-13(5-8-21-17(16)20)11-22-9-6-18(7-10-22)15-4-2-1-3-14(15)12-23-18/h1-5,8H,6-7,9-12H2. The monoisotopic (exact) mass is 348 g/mol. The molecule has 1 aromatic carbocycles. The summed E-state index contributed by atoms with van der Waals surface area (Å²) in [6.07, 6.45) is 3.74. The Morgan fingerprint density at radius 3 is 2.74 bits per heavy atom. The Bertz CT molecular complexity index is 727. The van der Waals surface area contributed by atoms with Gasteiger partial charge < -0.3 is 4.74 Å². The quantitative estimate of drug-likeness (QED) is 0.751. The predicted octanol–water partition coefficient (Wildman–Crippen LogP) is 4.41. The van der Waals surface area contributed by atoms with Crippen molar-refractivity contribution in [3.05, 3.63) is 63.4 Å². The highest BCUT2D eigenvalue weighted by atomic mass is 35.5. The van der Waals surface area contributed by atoms with Gasteiger partial charge in [-0.2, -0.15) is 0 Å². The van der Waals surface area contributed by atoms with Gasteiger partial charge in [0.2, 0.25) is 0 Å². The summed E-state index contributed by atoms with van der Waals surface area (Å²) in [5.41, 5.74) is 3.66. The second-order valence-electron chi connectivity index (χ2n) is 6.29. The molecule has 3 nitrogen and oxygen atoms in total. The van der Waals surface area contributed by atoms with E-state index in [2.05, 4.69) is 34.1 Å². The van der Waals surface area contributed by atoms with Crippen LogP contribution in [0.4, 0.5) is 0 Å². The summed E-state index contributed by atoms with van der Waals surface area (Å²) in [5.74, 6) is 0. The molecule has 0 N–H and O–H groups in total. The molecule has 0 atom stereocenters. The van der Waals surface area contributed by atoms with Crippen molar-refractivity contribution >= 4 is 23.2 Å². The number of pyridine rings is 1. The molecule has 2 aromatic rings. The lowest BCUT2D eigenvalue weighted by atomic mass is 9.84. The number of piperidine rings is 1. The molecule has 0 saturated carbocycles. The molecule has 0 unspecified atom stereocenters. The molecule has 3 heterocycles. The van der Waals surface area contributed by atoms with E-state index in [0.29, 0.717) is 10.2 Å². The van der Waals surface area contributed by atoms with Crippen LogP contribution < -0.4 is 0 Å². The van der Waals surface area contributed by atoms with E-state index in [0.717, 1.165) is 44.6 Å². The van der Waals surface area contributed by atoms with Crippen LogP contribution in [0.25, 0.3) is 0 Å². The molecule has 1 spiro atoms. The Morgan fingerprint density at radius 2 is 1.91 bits per heavy atom. The molecule has 0 aliphatic carbocycles. The number of benzene rings is 1. The lowest BCUT2D eigenvalue weighted by Gasteiger charge is -2.39. The molecule has 0 amide bonds. The highest BCUT2D eigenvalue weighted by molar-refractivity contribution is 6.41. The van der Waals surface area contributed by atoms with E-state index in [1.54, 1.807) is 6.20 Å². The maximum Gasteiger partial charge on any atom is 0.147 e. The summed E-state index contributed by atoms with van der Waals surface area (Å²) in [7, 11) is 0. The Morgan fingerprint density at radius 1 is 1.13 bits per heavy atom. The molecule has 5 heteroatoms. The van der Waals surface area contributed by atoms with Crippen molar-refractivity contribution in [2.24, 2.45) is 0 Å². The minimum absolute atomic E-state index is 0.0905. The first kappa shape index (κ1) is 15.4. The van der Waals surface area contributed by atoms with Gasteiger partial charge in [0.1, 0.15) is 5.15 Å². The van der Waals surface area contributed by atoms with Crippen LogP contribution in [0.3, 0.4) is 0 Å². The summed E-state index contributed by atoms with van der Waals surface area (Å²) in [6.45, 7) is 3.52. The lowest BCUT2D eigenvalue weighted by Crippen LogP contribution is -2.42. The maximum absolute atomic E-state index is 6.25. The molecule has 2 aliphatic rings. The van der Waals surface area contributed by atoms with Gasteiger partial charge in [0, 0.05) is 25.8 Å². The van der Waals surface area contributed by atoms with Crippen LogP contribution in [0.5, 0.6) is 0 Å². The fourth-order valence-electron chi connectivity index (χ4n) is 3.69. The van der Waals surface area contributed by atoms with Gasteiger partial charge >= 0.3 is 0 Å². The zero-order chi connectivity index (χ0) is 15.9. The zero-order valence-corrected chi connectivity index (χ0v) is 14.3. The van der Waals surface area contributed by atoms with Crippen LogP contribution in [0.2, 0.25) is 10.2 Å². The summed E-state index contributed by atoms with van der Waals surface area (Å²) in [6, 6.07) is 10.5. The van der Waals surface area contributed by atoms with E-state index in [1.807, 2.05) is 6.07 Å². The Kier molecular flexibility index (Phi) is 4.06. The predicted molar refractivity (Wildman–Crippen MR) is 91.7 cm³/mol. The third-order valence-corrected chi connectivity index (χ3v) is 5.80. The number of hydrogen-bond acceptors (Lipinski definition) is 3. The smallest absolute Gasteiger partial charge is 0.147 e. The van der Waals surface area contributed by atoms with E-state index >= 15 is 0 Å². The molecule has 2 aliphatic heterocycles. The first-order chi connectivity index (χ1) is 11.2. The van der Waals surface area contributed by atoms with Crippen LogP contribution in [-0.2, 0) is 23.5 Å². The van der Waals surface area contributed by atoms with Gasteiger partial charge in [-0.05, 0) is 35.6 Å². The second-order valence-corrected chi connectivity index (χ2v) is 7.03. The third-order valence-electron chi connectivity index (χ3n) is 5.00. The van der Waals surface area contributed by atoms with Crippen LogP contribution in [-0.4, -0.2) is 23.0 Å². The minimum Gasteiger partial charge on any atom is -0.365 e. The number of fused-ring (bicyclic) bond motifs is 2. The first-order valence-electron chi connectivity index (χ1n) is 7.91. The highest BCUT2D eigenvalue weighted by Gasteiger charge is 2.42. The van der Waals surface area contributed by atoms with Gasteiger partial charge in [0.05, 0.1) is 17.2 Å². The zero-order valence-electron chi connectivity index (χ0n) is 12.8. The van der Waals surface area contributed by atoms with Gasteiger partial charge in [0.15, 0.2) is 0 Å². The molecule has 4 rings (SSSR count). The van der Waals surface area contributed by atoms with Gasteiger partial charge in [-0.1, -0.05) is 47.5 Å². The molecular weight excluding hydrogens is 331 g/mol. The number of halogens is 2. The van der Waals surface area contributed by atoms with E-state index in [4.69, 9.17) is 27.9 Å². The number of likely N-dealkylation sites (tertiary alicyclic amines) is 1. The molecule has 1 saturated heterocycles. The number of aromatic nitrogens is 1.